The second-order valence-electron chi connectivity index (χ2n) is 6.23. The molecule has 112 valence electrons. The Bertz CT molecular complexity index is 404. The molecule has 5 nitrogen and oxygen atoms in total. The van der Waals surface area contributed by atoms with E-state index in [1.54, 1.807) is 11.9 Å². The molecular weight excluding hydrogens is 272 g/mol. The van der Waals surface area contributed by atoms with E-state index in [9.17, 15) is 4.79 Å². The van der Waals surface area contributed by atoms with Crippen LogP contribution in [0.5, 0.6) is 0 Å². The minimum absolute atomic E-state index is 0.243. The number of hydrogen-bond acceptors (Lipinski definition) is 5. The minimum Gasteiger partial charge on any atom is -0.350 e. The van der Waals surface area contributed by atoms with Crippen molar-refractivity contribution in [2.24, 2.45) is 10.9 Å². The van der Waals surface area contributed by atoms with Gasteiger partial charge in [-0.25, -0.2) is 9.71 Å². The number of amidine groups is 1. The fourth-order valence-corrected chi connectivity index (χ4v) is 4.17. The van der Waals surface area contributed by atoms with Crippen LogP contribution in [0.2, 0.25) is 0 Å². The fraction of sp³-hybridized carbons (Fsp3) is 0.857. The van der Waals surface area contributed by atoms with E-state index in [1.165, 1.54) is 0 Å². The van der Waals surface area contributed by atoms with Crippen LogP contribution in [-0.4, -0.2) is 52.7 Å². The average Bonchev–Trinajstić information content (AvgIpc) is 3.07. The van der Waals surface area contributed by atoms with E-state index in [1.807, 2.05) is 0 Å². The maximum atomic E-state index is 11.8. The van der Waals surface area contributed by atoms with E-state index in [2.05, 4.69) is 28.4 Å². The van der Waals surface area contributed by atoms with Crippen molar-refractivity contribution in [3.63, 3.8) is 0 Å². The first-order valence-corrected chi connectivity index (χ1v) is 8.51. The fourth-order valence-electron chi connectivity index (χ4n) is 3.14. The summed E-state index contributed by atoms with van der Waals surface area (Å²) in [4.78, 5) is 21.0. The lowest BCUT2D eigenvalue weighted by Gasteiger charge is -2.37. The topological polar surface area (TPSA) is 47.9 Å². The number of likely N-dealkylation sites (tertiary alicyclic amines) is 2. The molecule has 20 heavy (non-hydrogen) atoms. The highest BCUT2D eigenvalue weighted by Gasteiger charge is 2.33. The van der Waals surface area contributed by atoms with E-state index >= 15 is 0 Å². The first kappa shape index (κ1) is 14.2. The summed E-state index contributed by atoms with van der Waals surface area (Å²) in [6, 6.07) is 0.460. The summed E-state index contributed by atoms with van der Waals surface area (Å²) in [5.41, 5.74) is 0. The molecule has 0 saturated carbocycles. The van der Waals surface area contributed by atoms with E-state index in [0.717, 1.165) is 50.5 Å². The third kappa shape index (κ3) is 2.81. The van der Waals surface area contributed by atoms with Crippen molar-refractivity contribution in [1.82, 2.24) is 14.5 Å². The summed E-state index contributed by atoms with van der Waals surface area (Å²) in [6.45, 7) is 7.39. The van der Waals surface area contributed by atoms with Crippen LogP contribution in [0, 0.1) is 5.92 Å². The zero-order chi connectivity index (χ0) is 14.1. The molecule has 2 saturated heterocycles. The van der Waals surface area contributed by atoms with Gasteiger partial charge in [0, 0.05) is 32.1 Å². The smallest absolute Gasteiger partial charge is 0.222 e. The predicted octanol–water partition coefficient (Wildman–Crippen LogP) is 1.66. The Labute approximate surface area is 125 Å². The van der Waals surface area contributed by atoms with Crippen molar-refractivity contribution >= 4 is 23.0 Å². The largest absolute Gasteiger partial charge is 0.350 e. The number of aliphatic imine (C=N–C) groups is 1. The Kier molecular flexibility index (Phi) is 4.21. The third-order valence-electron chi connectivity index (χ3n) is 4.44. The molecule has 3 heterocycles. The molecule has 3 rings (SSSR count). The zero-order valence-corrected chi connectivity index (χ0v) is 13.2. The number of amides is 1. The number of carbonyl (C=O) groups is 1. The first-order valence-electron chi connectivity index (χ1n) is 7.70. The van der Waals surface area contributed by atoms with E-state index in [0.29, 0.717) is 17.9 Å². The maximum absolute atomic E-state index is 11.8. The quantitative estimate of drug-likeness (QED) is 0.787. The third-order valence-corrected chi connectivity index (χ3v) is 5.34. The van der Waals surface area contributed by atoms with Crippen molar-refractivity contribution in [1.29, 1.82) is 0 Å². The van der Waals surface area contributed by atoms with E-state index in [-0.39, 0.29) is 6.17 Å². The highest BCUT2D eigenvalue weighted by atomic mass is 32.2. The van der Waals surface area contributed by atoms with Gasteiger partial charge in [0.25, 0.3) is 0 Å². The predicted molar refractivity (Wildman–Crippen MR) is 82.3 cm³/mol. The summed E-state index contributed by atoms with van der Waals surface area (Å²) in [5.74, 6) is 0.886. The van der Waals surface area contributed by atoms with Crippen LogP contribution in [-0.2, 0) is 4.79 Å². The molecule has 6 heteroatoms. The highest BCUT2D eigenvalue weighted by molar-refractivity contribution is 8.12. The van der Waals surface area contributed by atoms with Crippen LogP contribution < -0.4 is 4.72 Å². The number of carbonyl (C=O) groups excluding carboxylic acids is 1. The molecule has 3 aliphatic rings. The molecule has 2 fully saturated rings. The molecule has 1 unspecified atom stereocenters. The van der Waals surface area contributed by atoms with Crippen LogP contribution in [0.1, 0.15) is 39.5 Å². The average molecular weight is 296 g/mol. The number of hydrogen-bond donors (Lipinski definition) is 1. The van der Waals surface area contributed by atoms with Crippen molar-refractivity contribution in [3.05, 3.63) is 0 Å². The van der Waals surface area contributed by atoms with Crippen LogP contribution in [0.4, 0.5) is 0 Å². The Balaban J connectivity index is 1.54. The normalized spacial score (nSPS) is 28.6. The Morgan fingerprint density at radius 1 is 1.30 bits per heavy atom. The van der Waals surface area contributed by atoms with Crippen molar-refractivity contribution in [2.75, 3.05) is 19.6 Å². The number of piperidine rings is 1. The molecule has 0 bridgehead atoms. The van der Waals surface area contributed by atoms with Gasteiger partial charge in [-0.1, -0.05) is 13.8 Å². The lowest BCUT2D eigenvalue weighted by Crippen LogP contribution is -2.46. The molecule has 0 aliphatic carbocycles. The van der Waals surface area contributed by atoms with Gasteiger partial charge in [-0.2, -0.15) is 0 Å². The van der Waals surface area contributed by atoms with Gasteiger partial charge in [-0.15, -0.1) is 0 Å². The molecular formula is C14H24N4OS. The summed E-state index contributed by atoms with van der Waals surface area (Å²) in [5, 5.41) is 1.13. The second kappa shape index (κ2) is 5.93. The van der Waals surface area contributed by atoms with Crippen LogP contribution in [0.15, 0.2) is 4.99 Å². The molecule has 0 radical (unpaired) electrons. The van der Waals surface area contributed by atoms with Crippen molar-refractivity contribution in [3.8, 4) is 0 Å². The summed E-state index contributed by atoms with van der Waals surface area (Å²) in [7, 11) is 0. The van der Waals surface area contributed by atoms with Gasteiger partial charge in [-0.3, -0.25) is 4.79 Å². The number of nitrogens with one attached hydrogen (secondary N) is 1. The summed E-state index contributed by atoms with van der Waals surface area (Å²) in [6.07, 6.45) is 4.20. The Morgan fingerprint density at radius 2 is 2.05 bits per heavy atom. The van der Waals surface area contributed by atoms with E-state index < -0.39 is 0 Å². The minimum atomic E-state index is 0.243. The van der Waals surface area contributed by atoms with Crippen molar-refractivity contribution < 1.29 is 4.79 Å². The first-order chi connectivity index (χ1) is 9.65. The summed E-state index contributed by atoms with van der Waals surface area (Å²) >= 11 is 1.66. The van der Waals surface area contributed by atoms with Crippen LogP contribution >= 0.6 is 11.9 Å². The summed E-state index contributed by atoms with van der Waals surface area (Å²) < 4.78 is 3.38. The van der Waals surface area contributed by atoms with Gasteiger partial charge in [0.05, 0.1) is 0 Å². The Hall–Kier alpha value is -0.750. The van der Waals surface area contributed by atoms with Gasteiger partial charge >= 0.3 is 0 Å². The molecule has 1 amide bonds. The lowest BCUT2D eigenvalue weighted by molar-refractivity contribution is -0.130. The van der Waals surface area contributed by atoms with Crippen LogP contribution in [0.3, 0.4) is 0 Å². The van der Waals surface area contributed by atoms with Gasteiger partial charge in [0.15, 0.2) is 5.17 Å². The molecule has 1 atom stereocenters. The molecule has 3 aliphatic heterocycles. The van der Waals surface area contributed by atoms with Gasteiger partial charge in [0.1, 0.15) is 6.17 Å². The SMILES string of the molecule is CC(C)C1N=C(N2CCC(N3CCCC3=O)CC2)SN1. The van der Waals surface area contributed by atoms with Crippen molar-refractivity contribution in [2.45, 2.75) is 51.7 Å². The molecule has 0 spiro atoms. The lowest BCUT2D eigenvalue weighted by atomic mass is 10.0. The zero-order valence-electron chi connectivity index (χ0n) is 12.3. The molecule has 0 aromatic heterocycles. The molecule has 1 N–H and O–H groups in total. The highest BCUT2D eigenvalue weighted by Crippen LogP contribution is 2.26. The van der Waals surface area contributed by atoms with Crippen LogP contribution in [0.25, 0.3) is 0 Å². The van der Waals surface area contributed by atoms with Gasteiger partial charge < -0.3 is 9.80 Å². The number of nitrogens with zero attached hydrogens (tertiary/aromatic N) is 3. The standard InChI is InChI=1S/C14H24N4OS/c1-10(2)13-15-14(20-16-13)17-8-5-11(6-9-17)18-7-3-4-12(18)19/h10-11,13,16H,3-9H2,1-2H3. The van der Waals surface area contributed by atoms with Gasteiger partial charge in [-0.05, 0) is 37.1 Å². The Morgan fingerprint density at radius 3 is 2.60 bits per heavy atom. The second-order valence-corrected chi connectivity index (χ2v) is 7.03. The molecule has 0 aromatic carbocycles. The number of rotatable bonds is 2. The van der Waals surface area contributed by atoms with E-state index in [4.69, 9.17) is 4.99 Å². The maximum Gasteiger partial charge on any atom is 0.222 e. The molecule has 0 aromatic rings. The van der Waals surface area contributed by atoms with Gasteiger partial charge in [0.2, 0.25) is 5.91 Å². The monoisotopic (exact) mass is 296 g/mol.